The van der Waals surface area contributed by atoms with Crippen molar-refractivity contribution in [1.29, 1.82) is 0 Å². The van der Waals surface area contributed by atoms with E-state index in [-0.39, 0.29) is 0 Å². The van der Waals surface area contributed by atoms with Gasteiger partial charge in [0, 0.05) is 17.2 Å². The number of aromatic nitrogens is 1. The number of hydrogen-bond acceptors (Lipinski definition) is 5. The summed E-state index contributed by atoms with van der Waals surface area (Å²) in [7, 11) is 0. The Kier molecular flexibility index (Phi) is 4.86. The van der Waals surface area contributed by atoms with Gasteiger partial charge in [-0.15, -0.1) is 11.8 Å². The highest BCUT2D eigenvalue weighted by atomic mass is 32.2. The summed E-state index contributed by atoms with van der Waals surface area (Å²) in [6.07, 6.45) is 0. The van der Waals surface area contributed by atoms with Gasteiger partial charge in [0.1, 0.15) is 0 Å². The number of hydrogen-bond donors (Lipinski definition) is 1. The second-order valence-corrected chi connectivity index (χ2v) is 6.29. The Labute approximate surface area is 116 Å². The topological polar surface area (TPSA) is 42.2 Å². The molecule has 5 heteroatoms. The molecule has 0 saturated carbocycles. The maximum Gasteiger partial charge on any atom is 0.181 e. The zero-order valence-corrected chi connectivity index (χ0v) is 12.5. The van der Waals surface area contributed by atoms with Gasteiger partial charge >= 0.3 is 0 Å². The number of thiazole rings is 1. The van der Waals surface area contributed by atoms with Crippen LogP contribution >= 0.6 is 23.1 Å². The van der Waals surface area contributed by atoms with Gasteiger partial charge in [-0.25, -0.2) is 4.98 Å². The third kappa shape index (κ3) is 3.37. The second-order valence-electron chi connectivity index (χ2n) is 4.06. The van der Waals surface area contributed by atoms with E-state index < -0.39 is 0 Å². The Morgan fingerprint density at radius 2 is 2.11 bits per heavy atom. The third-order valence-electron chi connectivity index (χ3n) is 2.95. The highest BCUT2D eigenvalue weighted by Gasteiger charge is 2.03. The van der Waals surface area contributed by atoms with E-state index in [1.807, 2.05) is 11.8 Å². The van der Waals surface area contributed by atoms with Crippen molar-refractivity contribution >= 4 is 38.4 Å². The molecule has 98 valence electrons. The van der Waals surface area contributed by atoms with Crippen molar-refractivity contribution in [3.05, 3.63) is 18.2 Å². The summed E-state index contributed by atoms with van der Waals surface area (Å²) >= 11 is 3.46. The van der Waals surface area contributed by atoms with Gasteiger partial charge in [0.15, 0.2) is 5.13 Å². The molecule has 0 aliphatic rings. The summed E-state index contributed by atoms with van der Waals surface area (Å²) in [5.74, 6) is 1.13. The SMILES string of the molecule is CCN(CC)CCSc1ccc2nc(N)sc2c1. The Balaban J connectivity index is 1.95. The highest BCUT2D eigenvalue weighted by Crippen LogP contribution is 2.28. The molecule has 0 aliphatic carbocycles. The molecule has 2 rings (SSSR count). The average molecular weight is 281 g/mol. The molecule has 2 N–H and O–H groups in total. The molecule has 0 fully saturated rings. The van der Waals surface area contributed by atoms with Crippen molar-refractivity contribution < 1.29 is 0 Å². The summed E-state index contributed by atoms with van der Waals surface area (Å²) in [6, 6.07) is 6.38. The molecule has 0 amide bonds. The fraction of sp³-hybridized carbons (Fsp3) is 0.462. The van der Waals surface area contributed by atoms with Gasteiger partial charge in [-0.05, 0) is 31.3 Å². The van der Waals surface area contributed by atoms with Crippen molar-refractivity contribution in [1.82, 2.24) is 9.88 Å². The van der Waals surface area contributed by atoms with E-state index in [2.05, 4.69) is 41.9 Å². The molecule has 0 aliphatic heterocycles. The quantitative estimate of drug-likeness (QED) is 0.825. The standard InChI is InChI=1S/C13H19N3S2/c1-3-16(4-2)7-8-17-10-5-6-11-12(9-10)18-13(14)15-11/h5-6,9H,3-4,7-8H2,1-2H3,(H2,14,15). The number of rotatable bonds is 6. The fourth-order valence-corrected chi connectivity index (χ4v) is 3.64. The van der Waals surface area contributed by atoms with Gasteiger partial charge in [0.2, 0.25) is 0 Å². The first-order valence-corrected chi connectivity index (χ1v) is 8.04. The van der Waals surface area contributed by atoms with Crippen molar-refractivity contribution in [3.63, 3.8) is 0 Å². The van der Waals surface area contributed by atoms with E-state index in [1.165, 1.54) is 9.60 Å². The summed E-state index contributed by atoms with van der Waals surface area (Å²) in [4.78, 5) is 8.01. The first kappa shape index (κ1) is 13.6. The van der Waals surface area contributed by atoms with Crippen LogP contribution < -0.4 is 5.73 Å². The minimum absolute atomic E-state index is 0.648. The third-order valence-corrected chi connectivity index (χ3v) is 4.77. The molecule has 1 heterocycles. The van der Waals surface area contributed by atoms with Gasteiger partial charge in [-0.2, -0.15) is 0 Å². The van der Waals surface area contributed by atoms with Crippen molar-refractivity contribution in [2.24, 2.45) is 0 Å². The minimum Gasteiger partial charge on any atom is -0.375 e. The summed E-state index contributed by atoms with van der Waals surface area (Å²) < 4.78 is 1.18. The molecule has 18 heavy (non-hydrogen) atoms. The maximum atomic E-state index is 5.71. The molecular formula is C13H19N3S2. The first-order chi connectivity index (χ1) is 8.72. The summed E-state index contributed by atoms with van der Waals surface area (Å²) in [6.45, 7) is 7.81. The molecule has 1 aromatic heterocycles. The van der Waals surface area contributed by atoms with Crippen LogP contribution in [0.25, 0.3) is 10.2 Å². The molecule has 0 unspecified atom stereocenters. The van der Waals surface area contributed by atoms with Crippen LogP contribution in [0.4, 0.5) is 5.13 Å². The number of fused-ring (bicyclic) bond motifs is 1. The monoisotopic (exact) mass is 281 g/mol. The largest absolute Gasteiger partial charge is 0.375 e. The lowest BCUT2D eigenvalue weighted by Gasteiger charge is -2.17. The predicted octanol–water partition coefficient (Wildman–Crippen LogP) is 3.31. The van der Waals surface area contributed by atoms with Crippen LogP contribution in [0.1, 0.15) is 13.8 Å². The lowest BCUT2D eigenvalue weighted by Crippen LogP contribution is -2.25. The average Bonchev–Trinajstić information content (AvgIpc) is 2.74. The lowest BCUT2D eigenvalue weighted by atomic mass is 10.3. The van der Waals surface area contributed by atoms with Gasteiger partial charge < -0.3 is 10.6 Å². The Bertz CT molecular complexity index is 506. The molecule has 0 bridgehead atoms. The van der Waals surface area contributed by atoms with E-state index in [0.717, 1.165) is 30.9 Å². The Morgan fingerprint density at radius 1 is 1.33 bits per heavy atom. The normalized spacial score (nSPS) is 11.5. The van der Waals surface area contributed by atoms with Crippen LogP contribution in [0.5, 0.6) is 0 Å². The lowest BCUT2D eigenvalue weighted by molar-refractivity contribution is 0.324. The molecule has 0 saturated heterocycles. The first-order valence-electron chi connectivity index (χ1n) is 6.24. The minimum atomic E-state index is 0.648. The van der Waals surface area contributed by atoms with E-state index in [0.29, 0.717) is 5.13 Å². The van der Waals surface area contributed by atoms with Crippen LogP contribution in [0.3, 0.4) is 0 Å². The van der Waals surface area contributed by atoms with E-state index in [1.54, 1.807) is 11.3 Å². The molecule has 0 spiro atoms. The van der Waals surface area contributed by atoms with Crippen LogP contribution in [-0.2, 0) is 0 Å². The van der Waals surface area contributed by atoms with E-state index >= 15 is 0 Å². The number of nitrogens with two attached hydrogens (primary N) is 1. The van der Waals surface area contributed by atoms with Crippen LogP contribution in [-0.4, -0.2) is 35.3 Å². The van der Waals surface area contributed by atoms with Gasteiger partial charge in [-0.1, -0.05) is 25.2 Å². The van der Waals surface area contributed by atoms with Gasteiger partial charge in [0.05, 0.1) is 10.2 Å². The van der Waals surface area contributed by atoms with Crippen molar-refractivity contribution in [2.45, 2.75) is 18.7 Å². The molecule has 0 atom stereocenters. The Hall–Kier alpha value is -0.780. The maximum absolute atomic E-state index is 5.71. The van der Waals surface area contributed by atoms with Crippen LogP contribution in [0.15, 0.2) is 23.1 Å². The number of nitrogen functional groups attached to an aromatic ring is 1. The van der Waals surface area contributed by atoms with E-state index in [4.69, 9.17) is 5.73 Å². The molecule has 3 nitrogen and oxygen atoms in total. The number of thioether (sulfide) groups is 1. The number of nitrogens with zero attached hydrogens (tertiary/aromatic N) is 2. The van der Waals surface area contributed by atoms with E-state index in [9.17, 15) is 0 Å². The molecular weight excluding hydrogens is 262 g/mol. The van der Waals surface area contributed by atoms with Crippen molar-refractivity contribution in [2.75, 3.05) is 31.1 Å². The zero-order valence-electron chi connectivity index (χ0n) is 10.8. The summed E-state index contributed by atoms with van der Waals surface area (Å²) in [5, 5.41) is 0.648. The fourth-order valence-electron chi connectivity index (χ4n) is 1.84. The summed E-state index contributed by atoms with van der Waals surface area (Å²) in [5.41, 5.74) is 6.72. The second kappa shape index (κ2) is 6.41. The molecule has 0 radical (unpaired) electrons. The Morgan fingerprint density at radius 3 is 2.83 bits per heavy atom. The van der Waals surface area contributed by atoms with Crippen molar-refractivity contribution in [3.8, 4) is 0 Å². The number of benzene rings is 1. The van der Waals surface area contributed by atoms with Gasteiger partial charge in [-0.3, -0.25) is 0 Å². The van der Waals surface area contributed by atoms with Crippen LogP contribution in [0, 0.1) is 0 Å². The smallest absolute Gasteiger partial charge is 0.181 e. The highest BCUT2D eigenvalue weighted by molar-refractivity contribution is 7.99. The van der Waals surface area contributed by atoms with Crippen LogP contribution in [0.2, 0.25) is 0 Å². The van der Waals surface area contributed by atoms with Gasteiger partial charge in [0.25, 0.3) is 0 Å². The molecule has 2 aromatic rings. The number of anilines is 1. The predicted molar refractivity (Wildman–Crippen MR) is 82.5 cm³/mol. The zero-order chi connectivity index (χ0) is 13.0. The molecule has 1 aromatic carbocycles.